The molecule has 0 aliphatic heterocycles. The van der Waals surface area contributed by atoms with Crippen molar-refractivity contribution in [3.05, 3.63) is 34.7 Å². The Bertz CT molecular complexity index is 467. The predicted molar refractivity (Wildman–Crippen MR) is 56.1 cm³/mol. The maximum Gasteiger partial charge on any atom is 0.137 e. The van der Waals surface area contributed by atoms with Crippen molar-refractivity contribution in [2.24, 2.45) is 0 Å². The smallest absolute Gasteiger partial charge is 0.137 e. The van der Waals surface area contributed by atoms with E-state index in [0.29, 0.717) is 21.4 Å². The van der Waals surface area contributed by atoms with Crippen LogP contribution in [0.15, 0.2) is 28.9 Å². The van der Waals surface area contributed by atoms with Crippen molar-refractivity contribution in [3.8, 4) is 11.1 Å². The molecule has 1 aromatic heterocycles. The molecule has 0 saturated carbocycles. The van der Waals surface area contributed by atoms with Crippen LogP contribution in [0.25, 0.3) is 11.1 Å². The summed E-state index contributed by atoms with van der Waals surface area (Å²) >= 11 is 3.08. The average molecular weight is 256 g/mol. The first-order chi connectivity index (χ1) is 6.68. The van der Waals surface area contributed by atoms with Gasteiger partial charge in [-0.15, -0.1) is 0 Å². The van der Waals surface area contributed by atoms with Gasteiger partial charge in [-0.25, -0.2) is 4.39 Å². The zero-order valence-corrected chi connectivity index (χ0v) is 8.68. The fraction of sp³-hybridized carbons (Fsp3) is 0. The van der Waals surface area contributed by atoms with Crippen molar-refractivity contribution < 1.29 is 4.39 Å². The molecule has 14 heavy (non-hydrogen) atoms. The Morgan fingerprint density at radius 3 is 2.79 bits per heavy atom. The minimum absolute atomic E-state index is 0.317. The lowest BCUT2D eigenvalue weighted by molar-refractivity contribution is 0.621. The molecule has 0 unspecified atom stereocenters. The summed E-state index contributed by atoms with van der Waals surface area (Å²) in [4.78, 5) is 0. The number of nitrogen functional groups attached to an aromatic ring is 1. The lowest BCUT2D eigenvalue weighted by Gasteiger charge is -2.00. The van der Waals surface area contributed by atoms with E-state index in [2.05, 4.69) is 26.1 Å². The minimum Gasteiger partial charge on any atom is -0.384 e. The third-order valence-electron chi connectivity index (χ3n) is 1.90. The first kappa shape index (κ1) is 9.21. The maximum atomic E-state index is 13.2. The summed E-state index contributed by atoms with van der Waals surface area (Å²) in [6.07, 6.45) is 1.57. The summed E-state index contributed by atoms with van der Waals surface area (Å²) in [5, 5.41) is 6.36. The van der Waals surface area contributed by atoms with Crippen LogP contribution in [-0.2, 0) is 0 Å². The van der Waals surface area contributed by atoms with Crippen LogP contribution in [0.3, 0.4) is 0 Å². The van der Waals surface area contributed by atoms with Crippen molar-refractivity contribution in [1.82, 2.24) is 10.2 Å². The van der Waals surface area contributed by atoms with Crippen molar-refractivity contribution in [1.29, 1.82) is 0 Å². The van der Waals surface area contributed by atoms with E-state index < -0.39 is 0 Å². The number of nitrogens with two attached hydrogens (primary N) is 1. The molecule has 0 bridgehead atoms. The SMILES string of the molecule is Nc1[nH]ncc1-c1ccc(Br)c(F)c1. The van der Waals surface area contributed by atoms with Gasteiger partial charge in [0.2, 0.25) is 0 Å². The summed E-state index contributed by atoms with van der Waals surface area (Å²) in [6.45, 7) is 0. The van der Waals surface area contributed by atoms with Crippen molar-refractivity contribution in [3.63, 3.8) is 0 Å². The van der Waals surface area contributed by atoms with Gasteiger partial charge in [-0.1, -0.05) is 6.07 Å². The number of hydrogen-bond donors (Lipinski definition) is 2. The van der Waals surface area contributed by atoms with Gasteiger partial charge in [0.15, 0.2) is 0 Å². The largest absolute Gasteiger partial charge is 0.384 e. The summed E-state index contributed by atoms with van der Waals surface area (Å²) in [6, 6.07) is 4.82. The van der Waals surface area contributed by atoms with Gasteiger partial charge in [0.05, 0.1) is 10.7 Å². The van der Waals surface area contributed by atoms with E-state index in [4.69, 9.17) is 5.73 Å². The highest BCUT2D eigenvalue weighted by atomic mass is 79.9. The van der Waals surface area contributed by atoms with Crippen LogP contribution in [-0.4, -0.2) is 10.2 Å². The molecule has 0 amide bonds. The summed E-state index contributed by atoms with van der Waals surface area (Å²) in [7, 11) is 0. The lowest BCUT2D eigenvalue weighted by Crippen LogP contribution is -1.88. The summed E-state index contributed by atoms with van der Waals surface area (Å²) in [5.74, 6) is 0.120. The number of hydrogen-bond acceptors (Lipinski definition) is 2. The third-order valence-corrected chi connectivity index (χ3v) is 2.54. The molecule has 1 aromatic carbocycles. The predicted octanol–water partition coefficient (Wildman–Crippen LogP) is 2.56. The van der Waals surface area contributed by atoms with E-state index in [1.807, 2.05) is 0 Å². The third kappa shape index (κ3) is 1.50. The topological polar surface area (TPSA) is 54.7 Å². The Kier molecular flexibility index (Phi) is 2.25. The zero-order valence-electron chi connectivity index (χ0n) is 7.09. The number of halogens is 2. The Labute approximate surface area is 88.3 Å². The van der Waals surface area contributed by atoms with Crippen LogP contribution in [0.4, 0.5) is 10.2 Å². The molecule has 3 nitrogen and oxygen atoms in total. The second-order valence-corrected chi connectivity index (χ2v) is 3.68. The normalized spacial score (nSPS) is 10.4. The monoisotopic (exact) mass is 255 g/mol. The molecule has 3 N–H and O–H groups in total. The van der Waals surface area contributed by atoms with E-state index in [9.17, 15) is 4.39 Å². The number of aromatic amines is 1. The van der Waals surface area contributed by atoms with Crippen molar-refractivity contribution in [2.45, 2.75) is 0 Å². The number of aromatic nitrogens is 2. The van der Waals surface area contributed by atoms with E-state index in [-0.39, 0.29) is 5.82 Å². The van der Waals surface area contributed by atoms with E-state index in [1.54, 1.807) is 18.3 Å². The van der Waals surface area contributed by atoms with Crippen molar-refractivity contribution >= 4 is 21.7 Å². The number of benzene rings is 1. The van der Waals surface area contributed by atoms with E-state index >= 15 is 0 Å². The van der Waals surface area contributed by atoms with Crippen LogP contribution in [0.5, 0.6) is 0 Å². The average Bonchev–Trinajstić information content (AvgIpc) is 2.57. The summed E-state index contributed by atoms with van der Waals surface area (Å²) < 4.78 is 13.6. The number of H-pyrrole nitrogens is 1. The second kappa shape index (κ2) is 3.42. The van der Waals surface area contributed by atoms with Gasteiger partial charge in [-0.05, 0) is 33.6 Å². The molecule has 0 aliphatic carbocycles. The molecule has 0 fully saturated rings. The highest BCUT2D eigenvalue weighted by Gasteiger charge is 2.06. The van der Waals surface area contributed by atoms with Gasteiger partial charge in [0, 0.05) is 5.56 Å². The summed E-state index contributed by atoms with van der Waals surface area (Å²) in [5.41, 5.74) is 7.02. The molecule has 2 aromatic rings. The quantitative estimate of drug-likeness (QED) is 0.823. The van der Waals surface area contributed by atoms with E-state index in [1.165, 1.54) is 6.07 Å². The first-order valence-corrected chi connectivity index (χ1v) is 4.72. The molecule has 5 heteroatoms. The van der Waals surface area contributed by atoms with Crippen LogP contribution in [0.1, 0.15) is 0 Å². The molecule has 0 atom stereocenters. The molecule has 72 valence electrons. The van der Waals surface area contributed by atoms with Crippen LogP contribution in [0, 0.1) is 5.82 Å². The van der Waals surface area contributed by atoms with Gasteiger partial charge in [0.25, 0.3) is 0 Å². The molecule has 0 saturated heterocycles. The first-order valence-electron chi connectivity index (χ1n) is 3.93. The fourth-order valence-electron chi connectivity index (χ4n) is 1.19. The Morgan fingerprint density at radius 2 is 2.21 bits per heavy atom. The maximum absolute atomic E-state index is 13.2. The van der Waals surface area contributed by atoms with E-state index in [0.717, 1.165) is 0 Å². The van der Waals surface area contributed by atoms with Gasteiger partial charge in [-0.3, -0.25) is 5.10 Å². The molecule has 0 radical (unpaired) electrons. The number of nitrogens with one attached hydrogen (secondary N) is 1. The van der Waals surface area contributed by atoms with Gasteiger partial charge >= 0.3 is 0 Å². The molecule has 0 spiro atoms. The molecule has 2 rings (SSSR count). The Morgan fingerprint density at radius 1 is 1.43 bits per heavy atom. The van der Waals surface area contributed by atoms with Gasteiger partial charge in [0.1, 0.15) is 11.6 Å². The van der Waals surface area contributed by atoms with Crippen LogP contribution >= 0.6 is 15.9 Å². The van der Waals surface area contributed by atoms with Gasteiger partial charge < -0.3 is 5.73 Å². The Hall–Kier alpha value is -1.36. The second-order valence-electron chi connectivity index (χ2n) is 2.83. The zero-order chi connectivity index (χ0) is 10.1. The Balaban J connectivity index is 2.53. The number of anilines is 1. The standard InChI is InChI=1S/C9H7BrFN3/c10-7-2-1-5(3-8(7)11)6-4-13-14-9(6)12/h1-4H,(H3,12,13,14). The van der Waals surface area contributed by atoms with Crippen LogP contribution < -0.4 is 5.73 Å². The molecule has 0 aliphatic rings. The number of rotatable bonds is 1. The number of nitrogens with zero attached hydrogens (tertiary/aromatic N) is 1. The lowest BCUT2D eigenvalue weighted by atomic mass is 10.1. The van der Waals surface area contributed by atoms with Crippen molar-refractivity contribution in [2.75, 3.05) is 5.73 Å². The molecular weight excluding hydrogens is 249 g/mol. The fourth-order valence-corrected chi connectivity index (χ4v) is 1.44. The molecule has 1 heterocycles. The highest BCUT2D eigenvalue weighted by molar-refractivity contribution is 9.10. The highest BCUT2D eigenvalue weighted by Crippen LogP contribution is 2.26. The van der Waals surface area contributed by atoms with Crippen LogP contribution in [0.2, 0.25) is 0 Å². The minimum atomic E-state index is -0.317. The van der Waals surface area contributed by atoms with Gasteiger partial charge in [-0.2, -0.15) is 5.10 Å². The molecular formula is C9H7BrFN3.